The van der Waals surface area contributed by atoms with Crippen LogP contribution in [-0.2, 0) is 4.74 Å². The fourth-order valence-corrected chi connectivity index (χ4v) is 1.17. The molecule has 1 aromatic rings. The highest BCUT2D eigenvalue weighted by atomic mass is 16.5. The Morgan fingerprint density at radius 1 is 1.31 bits per heavy atom. The van der Waals surface area contributed by atoms with Crippen molar-refractivity contribution in [1.29, 1.82) is 0 Å². The number of carboxylic acid groups (broad SMARTS) is 1. The quantitative estimate of drug-likeness (QED) is 0.711. The zero-order valence-electron chi connectivity index (χ0n) is 9.23. The van der Waals surface area contributed by atoms with Crippen LogP contribution in [0.1, 0.15) is 41.0 Å². The first-order valence-corrected chi connectivity index (χ1v) is 5.07. The topological polar surface area (TPSA) is 66.4 Å². The van der Waals surface area contributed by atoms with Gasteiger partial charge in [0.25, 0.3) is 0 Å². The predicted octanol–water partition coefficient (Wildman–Crippen LogP) is 1.01. The minimum Gasteiger partial charge on any atom is -0.545 e. The van der Waals surface area contributed by atoms with Crippen molar-refractivity contribution in [3.05, 3.63) is 35.4 Å². The summed E-state index contributed by atoms with van der Waals surface area (Å²) in [6.45, 7) is 3.63. The summed E-state index contributed by atoms with van der Waals surface area (Å²) in [5.41, 5.74) is -0.112. The highest BCUT2D eigenvalue weighted by molar-refractivity contribution is 6.01. The highest BCUT2D eigenvalue weighted by Crippen LogP contribution is 2.11. The lowest BCUT2D eigenvalue weighted by molar-refractivity contribution is -0.255. The molecule has 1 unspecified atom stereocenters. The van der Waals surface area contributed by atoms with E-state index < -0.39 is 11.9 Å². The van der Waals surface area contributed by atoms with Crippen LogP contribution in [0.5, 0.6) is 0 Å². The van der Waals surface area contributed by atoms with Crippen LogP contribution in [0.3, 0.4) is 0 Å². The molecule has 0 aliphatic heterocycles. The van der Waals surface area contributed by atoms with Crippen molar-refractivity contribution in [3.8, 4) is 0 Å². The Morgan fingerprint density at radius 3 is 2.38 bits per heavy atom. The van der Waals surface area contributed by atoms with Crippen molar-refractivity contribution in [2.75, 3.05) is 0 Å². The van der Waals surface area contributed by atoms with Gasteiger partial charge in [-0.25, -0.2) is 4.79 Å². The molecule has 0 spiro atoms. The SMILES string of the molecule is CCC(C)OC(=O)c1ccccc1C(=O)[O-]. The van der Waals surface area contributed by atoms with Gasteiger partial charge in [0.1, 0.15) is 0 Å². The average molecular weight is 221 g/mol. The van der Waals surface area contributed by atoms with Crippen LogP contribution in [0, 0.1) is 0 Å². The molecule has 4 heteroatoms. The molecule has 0 radical (unpaired) electrons. The molecule has 1 atom stereocenters. The molecule has 0 amide bonds. The Balaban J connectivity index is 2.95. The Kier molecular flexibility index (Phi) is 4.05. The number of aromatic carboxylic acids is 1. The van der Waals surface area contributed by atoms with E-state index >= 15 is 0 Å². The average Bonchev–Trinajstić information content (AvgIpc) is 2.28. The molecule has 4 nitrogen and oxygen atoms in total. The van der Waals surface area contributed by atoms with E-state index in [4.69, 9.17) is 4.74 Å². The van der Waals surface area contributed by atoms with Gasteiger partial charge in [-0.15, -0.1) is 0 Å². The fraction of sp³-hybridized carbons (Fsp3) is 0.333. The lowest BCUT2D eigenvalue weighted by Gasteiger charge is -2.13. The van der Waals surface area contributed by atoms with Crippen molar-refractivity contribution < 1.29 is 19.4 Å². The number of hydrogen-bond donors (Lipinski definition) is 0. The lowest BCUT2D eigenvalue weighted by Crippen LogP contribution is -2.26. The fourth-order valence-electron chi connectivity index (χ4n) is 1.17. The van der Waals surface area contributed by atoms with Crippen molar-refractivity contribution in [1.82, 2.24) is 0 Å². The number of carboxylic acids is 1. The van der Waals surface area contributed by atoms with Crippen LogP contribution < -0.4 is 5.11 Å². The first-order valence-electron chi connectivity index (χ1n) is 5.07. The number of carbonyl (C=O) groups is 2. The Bertz CT molecular complexity index is 398. The molecule has 86 valence electrons. The van der Waals surface area contributed by atoms with Crippen LogP contribution in [0.2, 0.25) is 0 Å². The van der Waals surface area contributed by atoms with Gasteiger partial charge in [0.15, 0.2) is 0 Å². The Labute approximate surface area is 93.9 Å². The number of ether oxygens (including phenoxy) is 1. The second-order valence-corrected chi connectivity index (χ2v) is 3.46. The van der Waals surface area contributed by atoms with Crippen molar-refractivity contribution in [3.63, 3.8) is 0 Å². The summed E-state index contributed by atoms with van der Waals surface area (Å²) >= 11 is 0. The molecule has 0 fully saturated rings. The van der Waals surface area contributed by atoms with Gasteiger partial charge in [-0.2, -0.15) is 0 Å². The van der Waals surface area contributed by atoms with E-state index in [2.05, 4.69) is 0 Å². The third-order valence-electron chi connectivity index (χ3n) is 2.25. The third kappa shape index (κ3) is 2.82. The summed E-state index contributed by atoms with van der Waals surface area (Å²) in [6.07, 6.45) is 0.446. The van der Waals surface area contributed by atoms with Gasteiger partial charge in [0, 0.05) is 5.56 Å². The van der Waals surface area contributed by atoms with Crippen LogP contribution >= 0.6 is 0 Å². The van der Waals surface area contributed by atoms with Gasteiger partial charge < -0.3 is 14.6 Å². The van der Waals surface area contributed by atoms with E-state index in [-0.39, 0.29) is 17.2 Å². The lowest BCUT2D eigenvalue weighted by atomic mass is 10.1. The molecule has 0 aliphatic carbocycles. The molecular formula is C12H13O4-. The highest BCUT2D eigenvalue weighted by Gasteiger charge is 2.14. The number of hydrogen-bond acceptors (Lipinski definition) is 4. The minimum atomic E-state index is -1.38. The van der Waals surface area contributed by atoms with Crippen LogP contribution in [0.15, 0.2) is 24.3 Å². The largest absolute Gasteiger partial charge is 0.545 e. The molecule has 0 heterocycles. The smallest absolute Gasteiger partial charge is 0.339 e. The first-order chi connectivity index (χ1) is 7.56. The molecule has 0 N–H and O–H groups in total. The summed E-state index contributed by atoms with van der Waals surface area (Å²) in [5, 5.41) is 10.8. The summed E-state index contributed by atoms with van der Waals surface area (Å²) in [6, 6.07) is 5.85. The van der Waals surface area contributed by atoms with E-state index in [1.165, 1.54) is 18.2 Å². The first kappa shape index (κ1) is 12.2. The maximum Gasteiger partial charge on any atom is 0.339 e. The van der Waals surface area contributed by atoms with Crippen molar-refractivity contribution >= 4 is 11.9 Å². The van der Waals surface area contributed by atoms with E-state index in [1.807, 2.05) is 6.92 Å². The van der Waals surface area contributed by atoms with Gasteiger partial charge in [0.2, 0.25) is 0 Å². The minimum absolute atomic E-state index is 0.0304. The number of esters is 1. The van der Waals surface area contributed by atoms with Crippen LogP contribution in [-0.4, -0.2) is 18.0 Å². The number of benzene rings is 1. The predicted molar refractivity (Wildman–Crippen MR) is 55.9 cm³/mol. The maximum absolute atomic E-state index is 11.6. The second kappa shape index (κ2) is 5.30. The summed E-state index contributed by atoms with van der Waals surface area (Å²) in [5.74, 6) is -2.01. The molecule has 1 aromatic carbocycles. The molecule has 0 aromatic heterocycles. The van der Waals surface area contributed by atoms with Gasteiger partial charge in [-0.1, -0.05) is 25.1 Å². The molecule has 0 bridgehead atoms. The Hall–Kier alpha value is -1.84. The van der Waals surface area contributed by atoms with Crippen LogP contribution in [0.25, 0.3) is 0 Å². The third-order valence-corrected chi connectivity index (χ3v) is 2.25. The van der Waals surface area contributed by atoms with Crippen molar-refractivity contribution in [2.24, 2.45) is 0 Å². The van der Waals surface area contributed by atoms with Crippen LogP contribution in [0.4, 0.5) is 0 Å². The van der Waals surface area contributed by atoms with E-state index in [9.17, 15) is 14.7 Å². The van der Waals surface area contributed by atoms with Gasteiger partial charge in [-0.3, -0.25) is 0 Å². The van der Waals surface area contributed by atoms with E-state index in [0.29, 0.717) is 6.42 Å². The number of rotatable bonds is 4. The van der Waals surface area contributed by atoms with E-state index in [0.717, 1.165) is 0 Å². The summed E-state index contributed by atoms with van der Waals surface area (Å²) in [7, 11) is 0. The maximum atomic E-state index is 11.6. The number of carbonyl (C=O) groups excluding carboxylic acids is 2. The van der Waals surface area contributed by atoms with Gasteiger partial charge in [0.05, 0.1) is 17.6 Å². The normalized spacial score (nSPS) is 11.9. The second-order valence-electron chi connectivity index (χ2n) is 3.46. The monoisotopic (exact) mass is 221 g/mol. The Morgan fingerprint density at radius 2 is 1.88 bits per heavy atom. The van der Waals surface area contributed by atoms with E-state index in [1.54, 1.807) is 13.0 Å². The molecular weight excluding hydrogens is 208 g/mol. The summed E-state index contributed by atoms with van der Waals surface area (Å²) in [4.78, 5) is 22.4. The molecule has 0 saturated heterocycles. The molecule has 0 aliphatic rings. The van der Waals surface area contributed by atoms with Crippen molar-refractivity contribution in [2.45, 2.75) is 26.4 Å². The van der Waals surface area contributed by atoms with Gasteiger partial charge >= 0.3 is 5.97 Å². The zero-order valence-corrected chi connectivity index (χ0v) is 9.23. The molecule has 0 saturated carbocycles. The molecule has 16 heavy (non-hydrogen) atoms. The standard InChI is InChI=1S/C12H14O4/c1-3-8(2)16-12(15)10-7-5-4-6-9(10)11(13)14/h4-8H,3H2,1-2H3,(H,13,14)/p-1. The zero-order chi connectivity index (χ0) is 12.1. The molecule has 1 rings (SSSR count). The van der Waals surface area contributed by atoms with Gasteiger partial charge in [-0.05, 0) is 19.4 Å². The summed E-state index contributed by atoms with van der Waals surface area (Å²) < 4.78 is 5.05.